The summed E-state index contributed by atoms with van der Waals surface area (Å²) in [7, 11) is -3.34. The Morgan fingerprint density at radius 1 is 1.40 bits per heavy atom. The summed E-state index contributed by atoms with van der Waals surface area (Å²) in [5.74, 6) is 0.794. The zero-order chi connectivity index (χ0) is 11.9. The summed E-state index contributed by atoms with van der Waals surface area (Å²) in [5.41, 5.74) is 0. The smallest absolute Gasteiger partial charge is 0.169 e. The molecule has 0 aromatic heterocycles. The van der Waals surface area contributed by atoms with Gasteiger partial charge in [0.05, 0.1) is 4.75 Å². The van der Waals surface area contributed by atoms with E-state index >= 15 is 0 Å². The molecule has 0 bridgehead atoms. The van der Waals surface area contributed by atoms with Gasteiger partial charge in [-0.2, -0.15) is 0 Å². The molecule has 1 atom stereocenters. The summed E-state index contributed by atoms with van der Waals surface area (Å²) >= 11 is 1.58. The number of hydrogen-bond acceptors (Lipinski definition) is 4. The van der Waals surface area contributed by atoms with E-state index in [4.69, 9.17) is 0 Å². The molecular formula is C10H18O3S2. The first-order valence-electron chi connectivity index (χ1n) is 5.00. The normalized spacial score (nSPS) is 28.0. The summed E-state index contributed by atoms with van der Waals surface area (Å²) < 4.78 is 21.4. The minimum Gasteiger partial charge on any atom is -0.296 e. The van der Waals surface area contributed by atoms with E-state index in [1.54, 1.807) is 11.8 Å². The third-order valence-corrected chi connectivity index (χ3v) is 6.73. The quantitative estimate of drug-likeness (QED) is 0.764. The van der Waals surface area contributed by atoms with Crippen molar-refractivity contribution >= 4 is 27.4 Å². The van der Waals surface area contributed by atoms with Gasteiger partial charge in [0.2, 0.25) is 0 Å². The van der Waals surface area contributed by atoms with Crippen LogP contribution in [0.1, 0.15) is 33.6 Å². The van der Waals surface area contributed by atoms with Gasteiger partial charge in [0.25, 0.3) is 0 Å². The number of ketones is 1. The summed E-state index contributed by atoms with van der Waals surface area (Å²) in [6.07, 6.45) is 2.91. The molecule has 5 heteroatoms. The van der Waals surface area contributed by atoms with E-state index in [-0.39, 0.29) is 5.78 Å². The standard InChI is InChI=1S/C10H18O3S2/c1-9(2,15(4,12)13)8(11)10(3)6-5-7-14-10/h5-7H2,1-4H3. The Morgan fingerprint density at radius 3 is 2.27 bits per heavy atom. The van der Waals surface area contributed by atoms with Crippen molar-refractivity contribution in [1.29, 1.82) is 0 Å². The molecule has 0 N–H and O–H groups in total. The number of Topliss-reactive ketones (excluding diaryl/α,β-unsaturated/α-hetero) is 1. The van der Waals surface area contributed by atoms with Gasteiger partial charge in [-0.05, 0) is 39.4 Å². The van der Waals surface area contributed by atoms with E-state index in [2.05, 4.69) is 0 Å². The largest absolute Gasteiger partial charge is 0.296 e. The van der Waals surface area contributed by atoms with Gasteiger partial charge in [-0.3, -0.25) is 4.79 Å². The van der Waals surface area contributed by atoms with E-state index in [0.717, 1.165) is 24.9 Å². The SMILES string of the molecule is CC1(C(=O)C(C)(C)S(C)(=O)=O)CCCS1. The zero-order valence-electron chi connectivity index (χ0n) is 9.66. The summed E-state index contributed by atoms with van der Waals surface area (Å²) in [6.45, 7) is 4.88. The number of sulfone groups is 1. The van der Waals surface area contributed by atoms with E-state index in [1.165, 1.54) is 13.8 Å². The molecule has 88 valence electrons. The van der Waals surface area contributed by atoms with Gasteiger partial charge in [0.15, 0.2) is 15.6 Å². The fourth-order valence-electron chi connectivity index (χ4n) is 1.76. The first kappa shape index (κ1) is 13.0. The van der Waals surface area contributed by atoms with Gasteiger partial charge < -0.3 is 0 Å². The van der Waals surface area contributed by atoms with Crippen LogP contribution in [0.3, 0.4) is 0 Å². The number of carbonyl (C=O) groups excluding carboxylic acids is 1. The third-order valence-electron chi connectivity index (χ3n) is 3.17. The molecule has 0 radical (unpaired) electrons. The lowest BCUT2D eigenvalue weighted by Crippen LogP contribution is -2.49. The van der Waals surface area contributed by atoms with Crippen molar-refractivity contribution in [3.05, 3.63) is 0 Å². The Balaban J connectivity index is 3.04. The predicted molar refractivity (Wildman–Crippen MR) is 64.0 cm³/mol. The molecule has 0 aromatic carbocycles. The predicted octanol–water partition coefficient (Wildman–Crippen LogP) is 1.66. The van der Waals surface area contributed by atoms with Gasteiger partial charge in [-0.15, -0.1) is 11.8 Å². The lowest BCUT2D eigenvalue weighted by molar-refractivity contribution is -0.122. The second-order valence-corrected chi connectivity index (χ2v) is 8.96. The molecule has 1 rings (SSSR count). The highest BCUT2D eigenvalue weighted by Gasteiger charge is 2.49. The molecule has 0 spiro atoms. The van der Waals surface area contributed by atoms with Crippen molar-refractivity contribution in [2.75, 3.05) is 12.0 Å². The monoisotopic (exact) mass is 250 g/mol. The van der Waals surface area contributed by atoms with Gasteiger partial charge >= 0.3 is 0 Å². The highest BCUT2D eigenvalue weighted by atomic mass is 32.2. The van der Waals surface area contributed by atoms with Gasteiger partial charge in [0, 0.05) is 6.26 Å². The highest BCUT2D eigenvalue weighted by molar-refractivity contribution is 8.02. The third kappa shape index (κ3) is 2.23. The molecule has 0 amide bonds. The topological polar surface area (TPSA) is 51.2 Å². The lowest BCUT2D eigenvalue weighted by atomic mass is 9.92. The number of rotatable bonds is 3. The van der Waals surface area contributed by atoms with Crippen molar-refractivity contribution in [3.63, 3.8) is 0 Å². The molecule has 1 unspecified atom stereocenters. The average Bonchev–Trinajstić information content (AvgIpc) is 2.50. The molecule has 1 saturated heterocycles. The zero-order valence-corrected chi connectivity index (χ0v) is 11.3. The Morgan fingerprint density at radius 2 is 1.93 bits per heavy atom. The molecule has 0 saturated carbocycles. The maximum atomic E-state index is 12.2. The van der Waals surface area contributed by atoms with Gasteiger partial charge in [-0.25, -0.2) is 8.42 Å². The molecule has 3 nitrogen and oxygen atoms in total. The second-order valence-electron chi connectivity index (χ2n) is 4.79. The van der Waals surface area contributed by atoms with Gasteiger partial charge in [0.1, 0.15) is 4.75 Å². The Labute approximate surface area is 95.9 Å². The molecule has 1 aliphatic rings. The van der Waals surface area contributed by atoms with Gasteiger partial charge in [-0.1, -0.05) is 0 Å². The van der Waals surface area contributed by atoms with Crippen LogP contribution < -0.4 is 0 Å². The van der Waals surface area contributed by atoms with Crippen molar-refractivity contribution < 1.29 is 13.2 Å². The van der Waals surface area contributed by atoms with Crippen LogP contribution in [0.15, 0.2) is 0 Å². The number of carbonyl (C=O) groups is 1. The van der Waals surface area contributed by atoms with E-state index in [1.807, 2.05) is 6.92 Å². The fourth-order valence-corrected chi connectivity index (χ4v) is 3.80. The van der Waals surface area contributed by atoms with Crippen molar-refractivity contribution in [2.24, 2.45) is 0 Å². The van der Waals surface area contributed by atoms with Crippen LogP contribution in [0.25, 0.3) is 0 Å². The molecule has 0 aliphatic carbocycles. The van der Waals surface area contributed by atoms with Crippen LogP contribution in [-0.2, 0) is 14.6 Å². The number of thioether (sulfide) groups is 1. The van der Waals surface area contributed by atoms with Crippen molar-refractivity contribution in [2.45, 2.75) is 43.1 Å². The Kier molecular flexibility index (Phi) is 3.28. The van der Waals surface area contributed by atoms with Crippen LogP contribution >= 0.6 is 11.8 Å². The fraction of sp³-hybridized carbons (Fsp3) is 0.900. The summed E-state index contributed by atoms with van der Waals surface area (Å²) in [4.78, 5) is 12.2. The van der Waals surface area contributed by atoms with Crippen LogP contribution in [0.2, 0.25) is 0 Å². The van der Waals surface area contributed by atoms with E-state index < -0.39 is 19.3 Å². The first-order valence-corrected chi connectivity index (χ1v) is 7.87. The molecule has 1 heterocycles. The lowest BCUT2D eigenvalue weighted by Gasteiger charge is -2.30. The van der Waals surface area contributed by atoms with E-state index in [9.17, 15) is 13.2 Å². The molecule has 15 heavy (non-hydrogen) atoms. The summed E-state index contributed by atoms with van der Waals surface area (Å²) in [6, 6.07) is 0. The van der Waals surface area contributed by atoms with Crippen molar-refractivity contribution in [3.8, 4) is 0 Å². The maximum Gasteiger partial charge on any atom is 0.169 e. The highest BCUT2D eigenvalue weighted by Crippen LogP contribution is 2.42. The summed E-state index contributed by atoms with van der Waals surface area (Å²) in [5, 5.41) is 0. The maximum absolute atomic E-state index is 12.2. The van der Waals surface area contributed by atoms with Crippen LogP contribution in [0.5, 0.6) is 0 Å². The first-order chi connectivity index (χ1) is 6.61. The molecule has 1 fully saturated rings. The van der Waals surface area contributed by atoms with Crippen LogP contribution in [0.4, 0.5) is 0 Å². The molecule has 0 aromatic rings. The molecule has 1 aliphatic heterocycles. The second kappa shape index (κ2) is 3.77. The van der Waals surface area contributed by atoms with Crippen LogP contribution in [-0.4, -0.2) is 35.7 Å². The molecular weight excluding hydrogens is 232 g/mol. The van der Waals surface area contributed by atoms with E-state index in [0.29, 0.717) is 0 Å². The van der Waals surface area contributed by atoms with Crippen LogP contribution in [0, 0.1) is 0 Å². The number of hydrogen-bond donors (Lipinski definition) is 0. The minimum atomic E-state index is -3.34. The average molecular weight is 250 g/mol. The Bertz CT molecular complexity index is 362. The minimum absolute atomic E-state index is 0.153. The Hall–Kier alpha value is -0.0300. The van der Waals surface area contributed by atoms with Crippen molar-refractivity contribution in [1.82, 2.24) is 0 Å².